The number of anilines is 4. The molecule has 0 spiro atoms. The molecule has 2 unspecified atom stereocenters. The minimum absolute atomic E-state index is 0.0225. The van der Waals surface area contributed by atoms with Gasteiger partial charge in [-0.15, -0.1) is 0 Å². The van der Waals surface area contributed by atoms with Crippen molar-refractivity contribution in [3.05, 3.63) is 72.7 Å². The third kappa shape index (κ3) is 6.79. The number of aldehydes is 1. The van der Waals surface area contributed by atoms with Crippen LogP contribution in [0.15, 0.2) is 67.1 Å². The second-order valence-electron chi connectivity index (χ2n) is 10.8. The maximum atomic E-state index is 12.7. The third-order valence-electron chi connectivity index (χ3n) is 7.49. The Bertz CT molecular complexity index is 1590. The van der Waals surface area contributed by atoms with Crippen molar-refractivity contribution in [2.45, 2.75) is 51.2 Å². The van der Waals surface area contributed by atoms with E-state index in [0.29, 0.717) is 25.1 Å². The maximum absolute atomic E-state index is 12.7. The van der Waals surface area contributed by atoms with Crippen molar-refractivity contribution in [3.63, 3.8) is 0 Å². The molecule has 0 aliphatic carbocycles. The highest BCUT2D eigenvalue weighted by Gasteiger charge is 2.32. The summed E-state index contributed by atoms with van der Waals surface area (Å²) in [5, 5.41) is 4.34. The second-order valence-corrected chi connectivity index (χ2v) is 12.7. The lowest BCUT2D eigenvalue weighted by Gasteiger charge is -2.41. The van der Waals surface area contributed by atoms with Gasteiger partial charge in [0.15, 0.2) is 5.82 Å². The molecule has 216 valence electrons. The van der Waals surface area contributed by atoms with Crippen LogP contribution in [0.1, 0.15) is 32.3 Å². The number of fused-ring (bicyclic) bond motifs is 1. The first-order chi connectivity index (χ1) is 19.7. The van der Waals surface area contributed by atoms with E-state index >= 15 is 0 Å². The average molecular weight is 576 g/mol. The van der Waals surface area contributed by atoms with Gasteiger partial charge in [-0.2, -0.15) is 0 Å². The van der Waals surface area contributed by atoms with Crippen molar-refractivity contribution in [1.29, 1.82) is 0 Å². The Hall–Kier alpha value is -4.12. The molecule has 0 bridgehead atoms. The zero-order valence-electron chi connectivity index (χ0n) is 23.6. The Morgan fingerprint density at radius 2 is 1.95 bits per heavy atom. The van der Waals surface area contributed by atoms with E-state index in [9.17, 15) is 13.2 Å². The van der Waals surface area contributed by atoms with Crippen LogP contribution < -0.4 is 19.8 Å². The van der Waals surface area contributed by atoms with Crippen LogP contribution in [0.3, 0.4) is 0 Å². The summed E-state index contributed by atoms with van der Waals surface area (Å²) in [5.41, 5.74) is 3.28. The number of aromatic nitrogens is 3. The summed E-state index contributed by atoms with van der Waals surface area (Å²) in [6.07, 6.45) is 8.05. The molecule has 4 heterocycles. The molecule has 1 saturated heterocycles. The number of hydrogen-bond donors (Lipinski definition) is 3. The predicted molar refractivity (Wildman–Crippen MR) is 165 cm³/mol. The van der Waals surface area contributed by atoms with E-state index in [1.807, 2.05) is 49.5 Å². The highest BCUT2D eigenvalue weighted by Crippen LogP contribution is 2.33. The van der Waals surface area contributed by atoms with Gasteiger partial charge in [0.05, 0.1) is 17.5 Å². The zero-order chi connectivity index (χ0) is 29.0. The number of nitrogens with zero attached hydrogens (tertiary/aromatic N) is 4. The Morgan fingerprint density at radius 3 is 2.71 bits per heavy atom. The Morgan fingerprint density at radius 1 is 1.15 bits per heavy atom. The minimum Gasteiger partial charge on any atom is -0.380 e. The van der Waals surface area contributed by atoms with Crippen LogP contribution in [-0.4, -0.2) is 67.1 Å². The topological polar surface area (TPSA) is 123 Å². The summed E-state index contributed by atoms with van der Waals surface area (Å²) >= 11 is 0. The van der Waals surface area contributed by atoms with E-state index < -0.39 is 10.0 Å². The van der Waals surface area contributed by atoms with Gasteiger partial charge >= 0.3 is 0 Å². The summed E-state index contributed by atoms with van der Waals surface area (Å²) in [5.74, 6) is 1.70. The fourth-order valence-electron chi connectivity index (χ4n) is 5.40. The Labute approximate surface area is 241 Å². The standard InChI is InChI=1S/C30H37N7O3S/c1-21(2)33-28-5-4-12-32-30(28)36(3)25-10-15-37(26(19-25)20-38)29-18-23-17-24(6-7-27(23)34-29)35-41(39,40)16-11-22-8-13-31-14-9-22/h4-9,12-14,17-18,20-21,25-26,33-35H,10-11,15-16,19H2,1-3H3. The summed E-state index contributed by atoms with van der Waals surface area (Å²) in [4.78, 5) is 28.6. The molecule has 1 aromatic carbocycles. The molecular formula is C30H37N7O3S. The number of benzene rings is 1. The fraction of sp³-hybridized carbons (Fsp3) is 0.367. The summed E-state index contributed by atoms with van der Waals surface area (Å²) < 4.78 is 28.1. The first-order valence-corrected chi connectivity index (χ1v) is 15.6. The first kappa shape index (κ1) is 28.4. The molecule has 5 rings (SSSR count). The highest BCUT2D eigenvalue weighted by atomic mass is 32.2. The fourth-order valence-corrected chi connectivity index (χ4v) is 6.49. The molecule has 3 N–H and O–H groups in total. The van der Waals surface area contributed by atoms with Gasteiger partial charge in [-0.1, -0.05) is 0 Å². The van der Waals surface area contributed by atoms with Crippen LogP contribution in [-0.2, 0) is 21.2 Å². The number of aromatic amines is 1. The molecule has 0 amide bonds. The summed E-state index contributed by atoms with van der Waals surface area (Å²) in [6.45, 7) is 4.89. The Kier molecular flexibility index (Phi) is 8.44. The van der Waals surface area contributed by atoms with Gasteiger partial charge in [0, 0.05) is 60.9 Å². The predicted octanol–water partition coefficient (Wildman–Crippen LogP) is 4.44. The van der Waals surface area contributed by atoms with Gasteiger partial charge in [-0.3, -0.25) is 9.71 Å². The lowest BCUT2D eigenvalue weighted by atomic mass is 9.96. The van der Waals surface area contributed by atoms with Crippen LogP contribution in [0.2, 0.25) is 0 Å². The van der Waals surface area contributed by atoms with Crippen LogP contribution in [0, 0.1) is 0 Å². The number of carbonyl (C=O) groups is 1. The van der Waals surface area contributed by atoms with Gasteiger partial charge in [-0.25, -0.2) is 13.4 Å². The van der Waals surface area contributed by atoms with Crippen molar-refractivity contribution >= 4 is 50.2 Å². The van der Waals surface area contributed by atoms with Crippen LogP contribution >= 0.6 is 0 Å². The lowest BCUT2D eigenvalue weighted by Crippen LogP contribution is -2.50. The van der Waals surface area contributed by atoms with Crippen molar-refractivity contribution in [3.8, 4) is 0 Å². The molecule has 4 aromatic rings. The molecule has 0 saturated carbocycles. The van der Waals surface area contributed by atoms with E-state index in [1.54, 1.807) is 24.7 Å². The molecule has 1 aliphatic heterocycles. The summed E-state index contributed by atoms with van der Waals surface area (Å²) in [7, 11) is -1.49. The molecule has 3 aromatic heterocycles. The molecule has 2 atom stereocenters. The number of piperidine rings is 1. The molecule has 1 fully saturated rings. The van der Waals surface area contributed by atoms with Gasteiger partial charge in [-0.05, 0) is 87.2 Å². The first-order valence-electron chi connectivity index (χ1n) is 13.9. The normalized spacial score (nSPS) is 17.5. The monoisotopic (exact) mass is 575 g/mol. The number of rotatable bonds is 11. The third-order valence-corrected chi connectivity index (χ3v) is 8.77. The molecule has 11 heteroatoms. The van der Waals surface area contributed by atoms with Crippen molar-refractivity contribution < 1.29 is 13.2 Å². The van der Waals surface area contributed by atoms with Gasteiger partial charge in [0.2, 0.25) is 10.0 Å². The minimum atomic E-state index is -3.53. The van der Waals surface area contributed by atoms with Gasteiger partial charge in [0.25, 0.3) is 0 Å². The zero-order valence-corrected chi connectivity index (χ0v) is 24.4. The highest BCUT2D eigenvalue weighted by molar-refractivity contribution is 7.92. The van der Waals surface area contributed by atoms with E-state index in [4.69, 9.17) is 0 Å². The maximum Gasteiger partial charge on any atom is 0.233 e. The number of hydrogen-bond acceptors (Lipinski definition) is 8. The molecule has 41 heavy (non-hydrogen) atoms. The number of H-pyrrole nitrogens is 1. The largest absolute Gasteiger partial charge is 0.380 e. The summed E-state index contributed by atoms with van der Waals surface area (Å²) in [6, 6.07) is 15.1. The van der Waals surface area contributed by atoms with E-state index in [2.05, 4.69) is 48.6 Å². The number of nitrogens with one attached hydrogen (secondary N) is 3. The SMILES string of the molecule is CC(C)Nc1cccnc1N(C)C1CCN(c2cc3cc(NS(=O)(=O)CCc4ccncc4)ccc3[nH]2)C(C=O)C1. The number of sulfonamides is 1. The van der Waals surface area contributed by atoms with Crippen molar-refractivity contribution in [1.82, 2.24) is 15.0 Å². The van der Waals surface area contributed by atoms with E-state index in [0.717, 1.165) is 46.5 Å². The number of aryl methyl sites for hydroxylation is 1. The van der Waals surface area contributed by atoms with Gasteiger partial charge < -0.3 is 24.9 Å². The van der Waals surface area contributed by atoms with Crippen molar-refractivity contribution in [2.75, 3.05) is 39.2 Å². The lowest BCUT2D eigenvalue weighted by molar-refractivity contribution is -0.109. The Balaban J connectivity index is 1.27. The van der Waals surface area contributed by atoms with Crippen LogP contribution in [0.5, 0.6) is 0 Å². The van der Waals surface area contributed by atoms with E-state index in [-0.39, 0.29) is 23.9 Å². The quantitative estimate of drug-likeness (QED) is 0.225. The van der Waals surface area contributed by atoms with Crippen LogP contribution in [0.4, 0.5) is 23.0 Å². The number of pyridine rings is 2. The number of carbonyl (C=O) groups excluding carboxylic acids is 1. The van der Waals surface area contributed by atoms with E-state index in [1.165, 1.54) is 0 Å². The second kappa shape index (κ2) is 12.2. The molecule has 1 aliphatic rings. The van der Waals surface area contributed by atoms with Crippen LogP contribution in [0.25, 0.3) is 10.9 Å². The smallest absolute Gasteiger partial charge is 0.233 e. The average Bonchev–Trinajstić information content (AvgIpc) is 3.39. The molecule has 0 radical (unpaired) electrons. The van der Waals surface area contributed by atoms with Gasteiger partial charge in [0.1, 0.15) is 12.1 Å². The molecular weight excluding hydrogens is 538 g/mol. The van der Waals surface area contributed by atoms with Crippen molar-refractivity contribution in [2.24, 2.45) is 0 Å². The molecule has 10 nitrogen and oxygen atoms in total.